The van der Waals surface area contributed by atoms with Crippen LogP contribution in [-0.2, 0) is 9.53 Å². The number of nitrogens with two attached hydrogens (primary N) is 1. The molecule has 0 spiro atoms. The van der Waals surface area contributed by atoms with Crippen LogP contribution in [0.4, 0.5) is 0 Å². The van der Waals surface area contributed by atoms with Crippen molar-refractivity contribution in [3.05, 3.63) is 35.4 Å². The number of halogens is 1. The van der Waals surface area contributed by atoms with E-state index >= 15 is 0 Å². The molecule has 1 saturated heterocycles. The first-order chi connectivity index (χ1) is 11.6. The lowest BCUT2D eigenvalue weighted by molar-refractivity contribution is -0.118. The first kappa shape index (κ1) is 22.3. The third kappa shape index (κ3) is 7.99. The van der Waals surface area contributed by atoms with Crippen LogP contribution in [0.2, 0.25) is 0 Å². The van der Waals surface area contributed by atoms with E-state index in [9.17, 15) is 4.79 Å². The normalized spacial score (nSPS) is 18.5. The number of rotatable bonds is 8. The molecule has 3 N–H and O–H groups in total. The van der Waals surface area contributed by atoms with Gasteiger partial charge in [-0.25, -0.2) is 0 Å². The average Bonchev–Trinajstić information content (AvgIpc) is 2.60. The van der Waals surface area contributed by atoms with Gasteiger partial charge in [-0.1, -0.05) is 38.1 Å². The van der Waals surface area contributed by atoms with E-state index < -0.39 is 0 Å². The van der Waals surface area contributed by atoms with E-state index in [0.717, 1.165) is 30.8 Å². The molecule has 25 heavy (non-hydrogen) atoms. The Morgan fingerprint density at radius 3 is 2.56 bits per heavy atom. The predicted molar refractivity (Wildman–Crippen MR) is 109 cm³/mol. The summed E-state index contributed by atoms with van der Waals surface area (Å²) in [6.45, 7) is 5.68. The van der Waals surface area contributed by atoms with Crippen molar-refractivity contribution in [1.82, 2.24) is 5.32 Å². The molecule has 0 aromatic heterocycles. The van der Waals surface area contributed by atoms with Gasteiger partial charge in [-0.2, -0.15) is 0 Å². The zero-order chi connectivity index (χ0) is 17.4. The molecule has 4 nitrogen and oxygen atoms in total. The summed E-state index contributed by atoms with van der Waals surface area (Å²) in [4.78, 5) is 11.9. The molecule has 1 fully saturated rings. The van der Waals surface area contributed by atoms with Gasteiger partial charge in [0.15, 0.2) is 0 Å². The fraction of sp³-hybridized carbons (Fsp3) is 0.632. The van der Waals surface area contributed by atoms with E-state index in [-0.39, 0.29) is 24.4 Å². The van der Waals surface area contributed by atoms with Crippen LogP contribution in [0, 0.1) is 0 Å². The summed E-state index contributed by atoms with van der Waals surface area (Å²) < 4.78 is 5.67. The highest BCUT2D eigenvalue weighted by molar-refractivity contribution is 7.99. The second-order valence-corrected chi connectivity index (χ2v) is 7.77. The molecule has 6 heteroatoms. The lowest BCUT2D eigenvalue weighted by Crippen LogP contribution is -2.33. The molecular weight excluding hydrogens is 356 g/mol. The highest BCUT2D eigenvalue weighted by atomic mass is 35.5. The van der Waals surface area contributed by atoms with Crippen LogP contribution in [0.25, 0.3) is 0 Å². The van der Waals surface area contributed by atoms with Gasteiger partial charge in [0.05, 0.1) is 11.9 Å². The van der Waals surface area contributed by atoms with Gasteiger partial charge in [-0.3, -0.25) is 4.79 Å². The minimum absolute atomic E-state index is 0. The Labute approximate surface area is 162 Å². The molecule has 0 aliphatic carbocycles. The molecule has 2 rings (SSSR count). The van der Waals surface area contributed by atoms with E-state index in [1.165, 1.54) is 12.0 Å². The molecule has 2 unspecified atom stereocenters. The molecule has 1 amide bonds. The van der Waals surface area contributed by atoms with E-state index in [0.29, 0.717) is 24.3 Å². The molecule has 1 heterocycles. The Balaban J connectivity index is 0.00000312. The van der Waals surface area contributed by atoms with Crippen LogP contribution in [-0.4, -0.2) is 36.7 Å². The maximum absolute atomic E-state index is 11.9. The monoisotopic (exact) mass is 386 g/mol. The molecule has 1 aliphatic rings. The Morgan fingerprint density at radius 1 is 1.28 bits per heavy atom. The number of carbonyl (C=O) groups is 1. The molecule has 0 saturated carbocycles. The molecule has 2 atom stereocenters. The molecule has 1 aliphatic heterocycles. The maximum Gasteiger partial charge on any atom is 0.230 e. The smallest absolute Gasteiger partial charge is 0.230 e. The number of ether oxygens (including phenoxy) is 1. The lowest BCUT2D eigenvalue weighted by atomic mass is 9.99. The summed E-state index contributed by atoms with van der Waals surface area (Å²) in [6.07, 6.45) is 3.84. The quantitative estimate of drug-likeness (QED) is 0.715. The van der Waals surface area contributed by atoms with Crippen LogP contribution in [0.5, 0.6) is 0 Å². The van der Waals surface area contributed by atoms with Gasteiger partial charge >= 0.3 is 0 Å². The topological polar surface area (TPSA) is 64.3 Å². The van der Waals surface area contributed by atoms with Gasteiger partial charge in [-0.05, 0) is 36.3 Å². The maximum atomic E-state index is 11.9. The summed E-state index contributed by atoms with van der Waals surface area (Å²) in [6, 6.07) is 8.17. The lowest BCUT2D eigenvalue weighted by Gasteiger charge is -2.22. The number of benzene rings is 1. The van der Waals surface area contributed by atoms with Crippen LogP contribution in [0.15, 0.2) is 24.3 Å². The van der Waals surface area contributed by atoms with E-state index in [4.69, 9.17) is 10.5 Å². The highest BCUT2D eigenvalue weighted by Crippen LogP contribution is 2.18. The number of thioether (sulfide) groups is 1. The summed E-state index contributed by atoms with van der Waals surface area (Å²) in [7, 11) is 0. The SMILES string of the molecule is CC(C)c1ccc(C(N)CNC(=O)CSCC2CCCCO2)cc1.Cl. The number of carbonyl (C=O) groups excluding carboxylic acids is 1. The highest BCUT2D eigenvalue weighted by Gasteiger charge is 2.15. The Bertz CT molecular complexity index is 505. The minimum Gasteiger partial charge on any atom is -0.377 e. The Hall–Kier alpha value is -0.750. The van der Waals surface area contributed by atoms with Crippen molar-refractivity contribution < 1.29 is 9.53 Å². The number of nitrogens with one attached hydrogen (secondary N) is 1. The summed E-state index contributed by atoms with van der Waals surface area (Å²) >= 11 is 1.64. The molecule has 0 radical (unpaired) electrons. The first-order valence-electron chi connectivity index (χ1n) is 8.87. The van der Waals surface area contributed by atoms with Crippen molar-refractivity contribution in [2.45, 2.75) is 51.2 Å². The zero-order valence-corrected chi connectivity index (χ0v) is 16.8. The molecule has 1 aromatic carbocycles. The van der Waals surface area contributed by atoms with Crippen molar-refractivity contribution in [3.8, 4) is 0 Å². The van der Waals surface area contributed by atoms with Crippen molar-refractivity contribution in [2.75, 3.05) is 24.7 Å². The number of hydrogen-bond donors (Lipinski definition) is 2. The van der Waals surface area contributed by atoms with Crippen molar-refractivity contribution in [3.63, 3.8) is 0 Å². The Morgan fingerprint density at radius 2 is 1.96 bits per heavy atom. The summed E-state index contributed by atoms with van der Waals surface area (Å²) in [5.74, 6) is 1.93. The van der Waals surface area contributed by atoms with Gasteiger partial charge in [-0.15, -0.1) is 24.2 Å². The van der Waals surface area contributed by atoms with E-state index in [1.807, 2.05) is 0 Å². The average molecular weight is 387 g/mol. The third-order valence-corrected chi connectivity index (χ3v) is 5.44. The Kier molecular flexibility index (Phi) is 10.5. The van der Waals surface area contributed by atoms with Crippen molar-refractivity contribution in [2.24, 2.45) is 5.73 Å². The second-order valence-electron chi connectivity index (χ2n) is 6.74. The van der Waals surface area contributed by atoms with Crippen molar-refractivity contribution >= 4 is 30.1 Å². The molecule has 1 aromatic rings. The molecule has 0 bridgehead atoms. The third-order valence-electron chi connectivity index (χ3n) is 4.36. The van der Waals surface area contributed by atoms with Crippen LogP contribution >= 0.6 is 24.2 Å². The van der Waals surface area contributed by atoms with E-state index in [2.05, 4.69) is 43.4 Å². The second kappa shape index (κ2) is 11.8. The van der Waals surface area contributed by atoms with Gasteiger partial charge in [0, 0.05) is 24.9 Å². The largest absolute Gasteiger partial charge is 0.377 e. The fourth-order valence-electron chi connectivity index (χ4n) is 2.74. The van der Waals surface area contributed by atoms with Crippen LogP contribution in [0.3, 0.4) is 0 Å². The van der Waals surface area contributed by atoms with Crippen LogP contribution < -0.4 is 11.1 Å². The summed E-state index contributed by atoms with van der Waals surface area (Å²) in [5.41, 5.74) is 8.53. The molecular formula is C19H31ClN2O2S. The minimum atomic E-state index is -0.165. The zero-order valence-electron chi connectivity index (χ0n) is 15.2. The molecule has 142 valence electrons. The summed E-state index contributed by atoms with van der Waals surface area (Å²) in [5, 5.41) is 2.93. The van der Waals surface area contributed by atoms with Crippen molar-refractivity contribution in [1.29, 1.82) is 0 Å². The van der Waals surface area contributed by atoms with Crippen LogP contribution in [0.1, 0.15) is 56.2 Å². The predicted octanol–water partition coefficient (Wildman–Crippen LogP) is 3.65. The van der Waals surface area contributed by atoms with Gasteiger partial charge in [0.2, 0.25) is 5.91 Å². The van der Waals surface area contributed by atoms with Gasteiger partial charge in [0.25, 0.3) is 0 Å². The van der Waals surface area contributed by atoms with E-state index in [1.54, 1.807) is 11.8 Å². The van der Waals surface area contributed by atoms with Gasteiger partial charge < -0.3 is 15.8 Å². The standard InChI is InChI=1S/C19H30N2O2S.ClH/c1-14(2)15-6-8-16(9-7-15)18(20)11-21-19(22)13-24-12-17-5-3-4-10-23-17;/h6-9,14,17-18H,3-5,10-13,20H2,1-2H3,(H,21,22);1H. The van der Waals surface area contributed by atoms with Gasteiger partial charge in [0.1, 0.15) is 0 Å². The first-order valence-corrected chi connectivity index (χ1v) is 10.0. The number of hydrogen-bond acceptors (Lipinski definition) is 4. The fourth-order valence-corrected chi connectivity index (χ4v) is 3.67. The number of amides is 1.